The predicted molar refractivity (Wildman–Crippen MR) is 136 cm³/mol. The Morgan fingerprint density at radius 3 is 1.59 bits per heavy atom. The fraction of sp³-hybridized carbons (Fsp3) is 0. The maximum Gasteiger partial charge on any atom is 0.0566 e. The number of hydrogen-bond donors (Lipinski definition) is 2. The number of H-pyrrole nitrogens is 2. The second-order valence-corrected chi connectivity index (χ2v) is 8.41. The topological polar surface area (TPSA) is 31.6 Å². The average Bonchev–Trinajstić information content (AvgIpc) is 3.42. The molecule has 2 heteroatoms. The smallest absolute Gasteiger partial charge is 0.0566 e. The van der Waals surface area contributed by atoms with Gasteiger partial charge in [0.1, 0.15) is 0 Å². The minimum absolute atomic E-state index is 1.16. The normalized spacial score (nSPS) is 11.8. The van der Waals surface area contributed by atoms with E-state index in [0.29, 0.717) is 0 Å². The lowest BCUT2D eigenvalue weighted by atomic mass is 10.0. The van der Waals surface area contributed by atoms with Crippen molar-refractivity contribution in [3.63, 3.8) is 0 Å². The molecular formula is C30H20N2. The molecule has 2 N–H and O–H groups in total. The number of hydrogen-bond acceptors (Lipinski definition) is 0. The standard InChI is InChI=1S/C30H20N2/c1-3-7-19(8-4-1)21-11-14-26-24(17-21)23-13-16-28-29(30(23)32-26)25-18-22(12-15-27(25)31-28)20-9-5-2-6-10-20/h1-18,31-32H. The molecule has 2 aromatic heterocycles. The van der Waals surface area contributed by atoms with Gasteiger partial charge in [0.05, 0.1) is 5.52 Å². The average molecular weight is 409 g/mol. The summed E-state index contributed by atoms with van der Waals surface area (Å²) in [6, 6.07) is 39.0. The first-order valence-corrected chi connectivity index (χ1v) is 11.0. The summed E-state index contributed by atoms with van der Waals surface area (Å²) in [5, 5.41) is 5.03. The Labute approximate surface area is 185 Å². The molecule has 0 fully saturated rings. The van der Waals surface area contributed by atoms with Crippen molar-refractivity contribution in [1.29, 1.82) is 0 Å². The van der Waals surface area contributed by atoms with Crippen LogP contribution in [0.15, 0.2) is 109 Å². The third-order valence-corrected chi connectivity index (χ3v) is 6.55. The minimum atomic E-state index is 1.16. The van der Waals surface area contributed by atoms with Crippen LogP contribution < -0.4 is 0 Å². The van der Waals surface area contributed by atoms with E-state index < -0.39 is 0 Å². The largest absolute Gasteiger partial charge is 0.354 e. The lowest BCUT2D eigenvalue weighted by Gasteiger charge is -2.02. The van der Waals surface area contributed by atoms with Crippen molar-refractivity contribution in [2.75, 3.05) is 0 Å². The minimum Gasteiger partial charge on any atom is -0.354 e. The van der Waals surface area contributed by atoms with Gasteiger partial charge in [0.25, 0.3) is 0 Å². The maximum absolute atomic E-state index is 3.72. The lowest BCUT2D eigenvalue weighted by molar-refractivity contribution is 1.54. The van der Waals surface area contributed by atoms with Crippen molar-refractivity contribution in [2.45, 2.75) is 0 Å². The summed E-state index contributed by atoms with van der Waals surface area (Å²) in [4.78, 5) is 7.33. The number of rotatable bonds is 2. The van der Waals surface area contributed by atoms with Gasteiger partial charge in [-0.25, -0.2) is 0 Å². The van der Waals surface area contributed by atoms with E-state index in [2.05, 4.69) is 119 Å². The second kappa shape index (κ2) is 6.60. The molecular weight excluding hydrogens is 388 g/mol. The Hall–Kier alpha value is -4.30. The van der Waals surface area contributed by atoms with Gasteiger partial charge in [-0.1, -0.05) is 78.9 Å². The summed E-state index contributed by atoms with van der Waals surface area (Å²) in [6.07, 6.45) is 0. The third kappa shape index (κ3) is 2.53. The molecule has 2 heterocycles. The Balaban J connectivity index is 1.52. The molecule has 0 saturated carbocycles. The van der Waals surface area contributed by atoms with Gasteiger partial charge in [0.2, 0.25) is 0 Å². The van der Waals surface area contributed by atoms with Crippen molar-refractivity contribution in [1.82, 2.24) is 9.97 Å². The highest BCUT2D eigenvalue weighted by atomic mass is 14.7. The molecule has 0 radical (unpaired) electrons. The molecule has 0 atom stereocenters. The van der Waals surface area contributed by atoms with Crippen molar-refractivity contribution in [2.24, 2.45) is 0 Å². The molecule has 5 aromatic carbocycles. The molecule has 7 aromatic rings. The Bertz CT molecular complexity index is 1750. The zero-order valence-electron chi connectivity index (χ0n) is 17.4. The van der Waals surface area contributed by atoms with E-state index in [0.717, 1.165) is 11.0 Å². The van der Waals surface area contributed by atoms with E-state index in [4.69, 9.17) is 0 Å². The highest BCUT2D eigenvalue weighted by Crippen LogP contribution is 2.38. The first kappa shape index (κ1) is 17.4. The molecule has 0 saturated heterocycles. The zero-order chi connectivity index (χ0) is 21.1. The van der Waals surface area contributed by atoms with E-state index in [-0.39, 0.29) is 0 Å². The van der Waals surface area contributed by atoms with Gasteiger partial charge < -0.3 is 9.97 Å². The van der Waals surface area contributed by atoms with Crippen molar-refractivity contribution in [3.05, 3.63) is 109 Å². The van der Waals surface area contributed by atoms with Gasteiger partial charge >= 0.3 is 0 Å². The summed E-state index contributed by atoms with van der Waals surface area (Å²) in [7, 11) is 0. The number of aromatic nitrogens is 2. The first-order valence-electron chi connectivity index (χ1n) is 11.0. The van der Waals surface area contributed by atoms with E-state index in [9.17, 15) is 0 Å². The highest BCUT2D eigenvalue weighted by molar-refractivity contribution is 6.24. The van der Waals surface area contributed by atoms with Crippen LogP contribution in [0.4, 0.5) is 0 Å². The Morgan fingerprint density at radius 1 is 0.375 bits per heavy atom. The van der Waals surface area contributed by atoms with Crippen LogP contribution in [0.5, 0.6) is 0 Å². The van der Waals surface area contributed by atoms with Crippen LogP contribution in [0.3, 0.4) is 0 Å². The monoisotopic (exact) mass is 408 g/mol. The van der Waals surface area contributed by atoms with Gasteiger partial charge in [-0.15, -0.1) is 0 Å². The maximum atomic E-state index is 3.72. The number of benzene rings is 5. The van der Waals surface area contributed by atoms with Gasteiger partial charge in [0, 0.05) is 38.1 Å². The predicted octanol–water partition coefficient (Wildman–Crippen LogP) is 8.29. The number of nitrogens with one attached hydrogen (secondary N) is 2. The molecule has 7 rings (SSSR count). The van der Waals surface area contributed by atoms with Crippen LogP contribution in [0.1, 0.15) is 0 Å². The van der Waals surface area contributed by atoms with Crippen LogP contribution >= 0.6 is 0 Å². The lowest BCUT2D eigenvalue weighted by Crippen LogP contribution is -1.77. The summed E-state index contributed by atoms with van der Waals surface area (Å²) >= 11 is 0. The second-order valence-electron chi connectivity index (χ2n) is 8.41. The zero-order valence-corrected chi connectivity index (χ0v) is 17.4. The number of fused-ring (bicyclic) bond motifs is 7. The van der Waals surface area contributed by atoms with Crippen molar-refractivity contribution in [3.8, 4) is 22.3 Å². The van der Waals surface area contributed by atoms with E-state index in [1.165, 1.54) is 54.8 Å². The molecule has 0 aliphatic rings. The summed E-state index contributed by atoms with van der Waals surface area (Å²) < 4.78 is 0. The molecule has 0 unspecified atom stereocenters. The summed E-state index contributed by atoms with van der Waals surface area (Å²) in [6.45, 7) is 0. The van der Waals surface area contributed by atoms with Gasteiger partial charge in [-0.3, -0.25) is 0 Å². The first-order chi connectivity index (χ1) is 15.8. The molecule has 32 heavy (non-hydrogen) atoms. The molecule has 0 amide bonds. The Kier molecular flexibility index (Phi) is 3.58. The fourth-order valence-electron chi connectivity index (χ4n) is 4.98. The van der Waals surface area contributed by atoms with Crippen molar-refractivity contribution < 1.29 is 0 Å². The van der Waals surface area contributed by atoms with Crippen LogP contribution in [0, 0.1) is 0 Å². The molecule has 0 spiro atoms. The van der Waals surface area contributed by atoms with Gasteiger partial charge in [0.15, 0.2) is 0 Å². The molecule has 0 aliphatic heterocycles. The van der Waals surface area contributed by atoms with Gasteiger partial charge in [-0.05, 0) is 52.6 Å². The molecule has 0 aliphatic carbocycles. The molecule has 150 valence electrons. The molecule has 0 bridgehead atoms. The van der Waals surface area contributed by atoms with Gasteiger partial charge in [-0.2, -0.15) is 0 Å². The number of aromatic amines is 2. The Morgan fingerprint density at radius 2 is 0.938 bits per heavy atom. The van der Waals surface area contributed by atoms with Crippen LogP contribution in [-0.4, -0.2) is 9.97 Å². The SMILES string of the molecule is c1ccc(-c2ccc3[nH]c4c(ccc5[nH]c6ccc(-c7ccccc7)cc6c54)c3c2)cc1. The van der Waals surface area contributed by atoms with Crippen LogP contribution in [0.25, 0.3) is 65.9 Å². The van der Waals surface area contributed by atoms with Crippen LogP contribution in [0.2, 0.25) is 0 Å². The summed E-state index contributed by atoms with van der Waals surface area (Å²) in [5.74, 6) is 0. The van der Waals surface area contributed by atoms with Crippen LogP contribution in [-0.2, 0) is 0 Å². The van der Waals surface area contributed by atoms with E-state index >= 15 is 0 Å². The summed E-state index contributed by atoms with van der Waals surface area (Å²) in [5.41, 5.74) is 9.63. The van der Waals surface area contributed by atoms with Crippen molar-refractivity contribution >= 4 is 43.6 Å². The van der Waals surface area contributed by atoms with E-state index in [1.54, 1.807) is 0 Å². The van der Waals surface area contributed by atoms with E-state index in [1.807, 2.05) is 0 Å². The fourth-order valence-corrected chi connectivity index (χ4v) is 4.98. The highest BCUT2D eigenvalue weighted by Gasteiger charge is 2.14. The molecule has 2 nitrogen and oxygen atoms in total. The quantitative estimate of drug-likeness (QED) is 0.288. The third-order valence-electron chi connectivity index (χ3n) is 6.55.